The summed E-state index contributed by atoms with van der Waals surface area (Å²) in [6.45, 7) is 5.21. The monoisotopic (exact) mass is 1300 g/mol. The van der Waals surface area contributed by atoms with Crippen molar-refractivity contribution in [2.75, 3.05) is 45.5 Å². The minimum Gasteiger partial charge on any atom is -0.458 e. The number of hydrogen-bond donors (Lipinski definition) is 8. The van der Waals surface area contributed by atoms with Gasteiger partial charge >= 0.3 is 5.97 Å². The number of carbonyl (C=O) groups excluding carboxylic acids is 8. The molecule has 6 heterocycles. The molecule has 0 radical (unpaired) electrons. The first kappa shape index (κ1) is 65.8. The molecule has 4 aromatic heterocycles. The van der Waals surface area contributed by atoms with Gasteiger partial charge in [0.05, 0.1) is 77.5 Å². The van der Waals surface area contributed by atoms with Crippen LogP contribution in [-0.2, 0) is 94.4 Å². The van der Waals surface area contributed by atoms with E-state index in [0.29, 0.717) is 45.9 Å². The molecule has 2 aromatic carbocycles. The van der Waals surface area contributed by atoms with E-state index < -0.39 is 123 Å². The lowest BCUT2D eigenvalue weighted by Gasteiger charge is -2.31. The third-order valence-electron chi connectivity index (χ3n) is 15.3. The zero-order valence-corrected chi connectivity index (χ0v) is 52.1. The summed E-state index contributed by atoms with van der Waals surface area (Å²) in [5.74, 6) is -5.39. The summed E-state index contributed by atoms with van der Waals surface area (Å²) in [5, 5.41) is 27.1. The average Bonchev–Trinajstić information content (AvgIpc) is 1.63. The molecule has 7 N–H and O–H groups in total. The van der Waals surface area contributed by atoms with Crippen molar-refractivity contribution in [2.24, 2.45) is 9.98 Å². The molecule has 476 valence electrons. The van der Waals surface area contributed by atoms with Gasteiger partial charge in [-0.1, -0.05) is 54.9 Å². The fourth-order valence-corrected chi connectivity index (χ4v) is 12.1. The largest absolute Gasteiger partial charge is 0.458 e. The smallest absolute Gasteiger partial charge is 0.343 e. The molecular formula is C60H62ClN13O15S2. The van der Waals surface area contributed by atoms with Crippen LogP contribution in [0.2, 0.25) is 5.02 Å². The van der Waals surface area contributed by atoms with E-state index in [2.05, 4.69) is 63.6 Å². The van der Waals surface area contributed by atoms with E-state index in [4.69, 9.17) is 26.1 Å². The van der Waals surface area contributed by atoms with Gasteiger partial charge < -0.3 is 51.0 Å². The highest BCUT2D eigenvalue weighted by atomic mass is 35.5. The van der Waals surface area contributed by atoms with Crippen molar-refractivity contribution < 1.29 is 65.6 Å². The normalized spacial score (nSPS) is 16.4. The number of thiol groups is 1. The third-order valence-corrected chi connectivity index (χ3v) is 18.0. The van der Waals surface area contributed by atoms with Crippen LogP contribution in [0.3, 0.4) is 0 Å². The van der Waals surface area contributed by atoms with Crippen LogP contribution in [0.4, 0.5) is 0 Å². The topological polar surface area (TPSA) is 397 Å². The van der Waals surface area contributed by atoms with E-state index in [1.165, 1.54) is 42.0 Å². The van der Waals surface area contributed by atoms with Crippen molar-refractivity contribution >= 4 is 107 Å². The molecule has 0 bridgehead atoms. The standard InChI is InChI=1S/C60H62ClN13O15S2/c1-7-39(72-58(62-4)91(6,86)87)42-19-33(20-43(68-42)40-16-17-63-59(73-40)90(5,85)30-75)54(80)65-23-47(76)64-25-49(78)70-45(18-32-12-10-9-11-13-32)55(81)66-24-48(77)67-29-88-28-50(79)69-41-15-14-34-31(3)38(61)22-44-51(34)52(41)35-26-74-46(53(35)71-44)21-37-36(56(74)82)27-89-57(83)60(37,84)8-2/h7,9-13,16-17,19-22,30,41,45,84,90H,4,8,14-15,18,23-29H2,1-3,5-6H3,(H,64,76)(H,65,80)(H,66,81)(H,67,77)(H,69,79)(H,70,78)/b39-7-,72-58+/t41-,45-,60-/m0/s1. The lowest BCUT2D eigenvalue weighted by atomic mass is 9.81. The number of cyclic esters (lactones) is 1. The molecule has 31 heteroatoms. The number of nitrogens with zero attached hydrogens (tertiary/aromatic N) is 7. The number of rotatable bonds is 22. The summed E-state index contributed by atoms with van der Waals surface area (Å²) >= 11 is 6.72. The molecule has 2 aliphatic heterocycles. The van der Waals surface area contributed by atoms with E-state index in [9.17, 15) is 60.9 Å². The van der Waals surface area contributed by atoms with Crippen molar-refractivity contribution in [1.29, 1.82) is 0 Å². The molecule has 9 rings (SSSR count). The molecule has 3 atom stereocenters. The van der Waals surface area contributed by atoms with Gasteiger partial charge in [-0.25, -0.2) is 43.1 Å². The minimum absolute atomic E-state index is 0.0117. The maximum atomic E-state index is 14.1. The van der Waals surface area contributed by atoms with Crippen LogP contribution in [0.5, 0.6) is 0 Å². The number of esters is 1. The average molecular weight is 1300 g/mol. The quantitative estimate of drug-likeness (QED) is 0.00689. The van der Waals surface area contributed by atoms with Gasteiger partial charge in [-0.3, -0.25) is 42.6 Å². The number of halogens is 1. The molecule has 0 fully saturated rings. The van der Waals surface area contributed by atoms with Crippen molar-refractivity contribution in [3.8, 4) is 22.8 Å². The Labute approximate surface area is 525 Å². The van der Waals surface area contributed by atoms with Gasteiger partial charge in [-0.05, 0) is 92.4 Å². The van der Waals surface area contributed by atoms with Crippen LogP contribution in [0.25, 0.3) is 39.4 Å². The van der Waals surface area contributed by atoms with E-state index in [-0.39, 0.29) is 76.2 Å². The predicted molar refractivity (Wildman–Crippen MR) is 334 cm³/mol. The van der Waals surface area contributed by atoms with Crippen LogP contribution < -0.4 is 37.5 Å². The van der Waals surface area contributed by atoms with E-state index in [1.807, 2.05) is 6.92 Å². The number of aryl methyl sites for hydroxylation is 1. The first-order valence-electron chi connectivity index (χ1n) is 28.2. The minimum atomic E-state index is -3.98. The number of amidine groups is 1. The van der Waals surface area contributed by atoms with E-state index in [0.717, 1.165) is 34.6 Å². The molecule has 28 nitrogen and oxygen atoms in total. The van der Waals surface area contributed by atoms with Gasteiger partial charge in [0.25, 0.3) is 11.5 Å². The maximum Gasteiger partial charge on any atom is 0.343 e. The van der Waals surface area contributed by atoms with Gasteiger partial charge in [0, 0.05) is 62.2 Å². The number of carbonyl (C=O) groups is 8. The Bertz CT molecular complexity index is 4350. The van der Waals surface area contributed by atoms with Crippen molar-refractivity contribution in [1.82, 2.24) is 56.4 Å². The fourth-order valence-electron chi connectivity index (χ4n) is 10.7. The Morgan fingerprint density at radius 2 is 1.67 bits per heavy atom. The number of aromatic nitrogens is 5. The first-order valence-corrected chi connectivity index (χ1v) is 32.7. The molecule has 0 saturated carbocycles. The molecular weight excluding hydrogens is 1240 g/mol. The molecule has 1 aliphatic carbocycles. The number of fused-ring (bicyclic) bond motifs is 5. The summed E-state index contributed by atoms with van der Waals surface area (Å²) < 4.78 is 49.9. The Morgan fingerprint density at radius 1 is 0.945 bits per heavy atom. The van der Waals surface area contributed by atoms with Gasteiger partial charge in [0.2, 0.25) is 49.7 Å². The SMILES string of the molecule is C=N/C(=N\C(=C/C)c1cc(C(=O)NCC(=O)NCC(=O)N[C@@H](Cc2ccccc2)C(=O)NCC(=O)NCOCC(=O)N[C@H]2CCc3c(C)c(Cl)cc4nc5c(c2c34)Cn2c-5cc3c(c2=O)COC(=O)[C@]3(O)CC)cc(-c2ccnc([SH](C)(=O)C=O)n2)n1)S(C)(=O)=O. The highest BCUT2D eigenvalue weighted by Crippen LogP contribution is 2.46. The number of allylic oxidation sites excluding steroid dienone is 1. The molecule has 6 aromatic rings. The molecule has 0 saturated heterocycles. The van der Waals surface area contributed by atoms with Crippen LogP contribution in [0, 0.1) is 6.92 Å². The highest BCUT2D eigenvalue weighted by Gasteiger charge is 2.46. The molecule has 0 unspecified atom stereocenters. The van der Waals surface area contributed by atoms with Gasteiger partial charge in [0.1, 0.15) is 26.0 Å². The lowest BCUT2D eigenvalue weighted by Crippen LogP contribution is -2.52. The first-order chi connectivity index (χ1) is 43.3. The Balaban J connectivity index is 0.791. The molecule has 0 spiro atoms. The number of amides is 6. The van der Waals surface area contributed by atoms with E-state index in [1.54, 1.807) is 49.4 Å². The number of aliphatic hydroxyl groups is 1. The number of benzene rings is 2. The summed E-state index contributed by atoms with van der Waals surface area (Å²) in [6, 6.07) is 13.9. The number of sulfone groups is 1. The fraction of sp³-hybridized carbons (Fsp3) is 0.317. The summed E-state index contributed by atoms with van der Waals surface area (Å²) in [7, 11) is -7.64. The second-order valence-corrected chi connectivity index (χ2v) is 26.4. The Morgan fingerprint density at radius 3 is 2.37 bits per heavy atom. The summed E-state index contributed by atoms with van der Waals surface area (Å²) in [6.07, 6.45) is 5.52. The molecule has 91 heavy (non-hydrogen) atoms. The van der Waals surface area contributed by atoms with Gasteiger partial charge in [-0.2, -0.15) is 0 Å². The van der Waals surface area contributed by atoms with Crippen LogP contribution in [-0.4, -0.2) is 153 Å². The zero-order valence-electron chi connectivity index (χ0n) is 49.7. The number of hydrogen-bond acceptors (Lipinski definition) is 20. The second kappa shape index (κ2) is 27.2. The van der Waals surface area contributed by atoms with Gasteiger partial charge in [0.15, 0.2) is 11.2 Å². The number of nitrogens with one attached hydrogen (secondary N) is 6. The molecule has 3 aliphatic rings. The predicted octanol–water partition coefficient (Wildman–Crippen LogP) is 1.13. The second-order valence-electron chi connectivity index (χ2n) is 21.5. The third kappa shape index (κ3) is 14.2. The van der Waals surface area contributed by atoms with Crippen molar-refractivity contribution in [3.63, 3.8) is 0 Å². The summed E-state index contributed by atoms with van der Waals surface area (Å²) in [5.41, 5.74) is 2.92. The number of aliphatic imine (C=N–C) groups is 2. The number of pyridine rings is 3. The van der Waals surface area contributed by atoms with E-state index >= 15 is 0 Å². The van der Waals surface area contributed by atoms with Crippen LogP contribution >= 0.6 is 11.6 Å². The number of ether oxygens (including phenoxy) is 2. The Hall–Kier alpha value is -9.62. The molecule has 6 amide bonds. The lowest BCUT2D eigenvalue weighted by molar-refractivity contribution is -0.172. The summed E-state index contributed by atoms with van der Waals surface area (Å²) in [4.78, 5) is 144. The van der Waals surface area contributed by atoms with Gasteiger partial charge in [-0.15, -0.1) is 0 Å². The van der Waals surface area contributed by atoms with Crippen molar-refractivity contribution in [3.05, 3.63) is 139 Å². The maximum absolute atomic E-state index is 14.1. The zero-order chi connectivity index (χ0) is 65.7. The van der Waals surface area contributed by atoms with Crippen molar-refractivity contribution in [2.45, 2.75) is 82.4 Å². The van der Waals surface area contributed by atoms with Crippen LogP contribution in [0.1, 0.15) is 87.7 Å². The van der Waals surface area contributed by atoms with Crippen LogP contribution in [0.15, 0.2) is 92.9 Å². The highest BCUT2D eigenvalue weighted by molar-refractivity contribution is 8.14. The Kier molecular flexibility index (Phi) is 19.7.